The number of carbonyl (C=O) groups is 1. The van der Waals surface area contributed by atoms with Gasteiger partial charge in [0, 0.05) is 6.42 Å². The van der Waals surface area contributed by atoms with Crippen LogP contribution in [0.4, 0.5) is 0 Å². The number of unbranched alkanes of at least 4 members (excludes halogenated alkanes) is 32. The zero-order valence-corrected chi connectivity index (χ0v) is 43.2. The molecular weight excluding hydrogens is 795 g/mol. The fourth-order valence-corrected chi connectivity index (χ4v) is 8.32. The average molecular weight is 905 g/mol. The molecule has 0 fully saturated rings. The molecule has 376 valence electrons. The van der Waals surface area contributed by atoms with Gasteiger partial charge in [0.15, 0.2) is 0 Å². The van der Waals surface area contributed by atoms with Crippen molar-refractivity contribution in [3.05, 3.63) is 85.1 Å². The van der Waals surface area contributed by atoms with Crippen LogP contribution in [-0.4, -0.2) is 34.9 Å². The Kier molecular flexibility index (Phi) is 53.8. The van der Waals surface area contributed by atoms with E-state index in [4.69, 9.17) is 0 Å². The highest BCUT2D eigenvalue weighted by atomic mass is 16.3. The molecule has 0 aliphatic heterocycles. The summed E-state index contributed by atoms with van der Waals surface area (Å²) in [5, 5.41) is 23.1. The Balaban J connectivity index is 3.57. The van der Waals surface area contributed by atoms with Gasteiger partial charge in [0.25, 0.3) is 0 Å². The van der Waals surface area contributed by atoms with Gasteiger partial charge in [-0.3, -0.25) is 4.79 Å². The zero-order chi connectivity index (χ0) is 47.0. The van der Waals surface area contributed by atoms with E-state index in [1.54, 1.807) is 6.08 Å². The van der Waals surface area contributed by atoms with E-state index in [9.17, 15) is 15.0 Å². The molecule has 0 spiro atoms. The fraction of sp³-hybridized carbons (Fsp3) is 0.754. The molecule has 0 aromatic carbocycles. The number of hydrogen-bond donors (Lipinski definition) is 3. The molecular formula is C61H109NO3. The normalized spacial score (nSPS) is 13.5. The SMILES string of the molecule is CC/C=C\C/C=C\C/C=C\C/C=C\CCCCCCCCCCC(=O)NC(CO)C(O)/C=C/CC/C=C/CC/C=C/CCCCCCCCCCCCCCCCCCCCCCCC. The van der Waals surface area contributed by atoms with Gasteiger partial charge in [-0.2, -0.15) is 0 Å². The second-order valence-corrected chi connectivity index (χ2v) is 19.0. The number of rotatable bonds is 51. The summed E-state index contributed by atoms with van der Waals surface area (Å²) in [6.07, 6.45) is 81.8. The van der Waals surface area contributed by atoms with Crippen LogP contribution in [0.3, 0.4) is 0 Å². The number of nitrogens with one attached hydrogen (secondary N) is 1. The van der Waals surface area contributed by atoms with Gasteiger partial charge in [-0.05, 0) is 83.5 Å². The first-order valence-electron chi connectivity index (χ1n) is 28.3. The van der Waals surface area contributed by atoms with Crippen molar-refractivity contribution in [2.75, 3.05) is 6.61 Å². The van der Waals surface area contributed by atoms with Gasteiger partial charge < -0.3 is 15.5 Å². The van der Waals surface area contributed by atoms with E-state index in [1.165, 1.54) is 186 Å². The molecule has 0 aliphatic rings. The topological polar surface area (TPSA) is 69.6 Å². The number of aliphatic hydroxyl groups excluding tert-OH is 2. The third-order valence-electron chi connectivity index (χ3n) is 12.6. The quantitative estimate of drug-likeness (QED) is 0.0421. The third kappa shape index (κ3) is 52.4. The summed E-state index contributed by atoms with van der Waals surface area (Å²) in [7, 11) is 0. The van der Waals surface area contributed by atoms with Crippen molar-refractivity contribution in [1.29, 1.82) is 0 Å². The monoisotopic (exact) mass is 904 g/mol. The maximum absolute atomic E-state index is 12.5. The minimum atomic E-state index is -0.880. The van der Waals surface area contributed by atoms with Gasteiger partial charge in [0.05, 0.1) is 18.8 Å². The van der Waals surface area contributed by atoms with Gasteiger partial charge in [0.2, 0.25) is 5.91 Å². The maximum Gasteiger partial charge on any atom is 0.220 e. The molecule has 1 amide bonds. The minimum Gasteiger partial charge on any atom is -0.394 e. The van der Waals surface area contributed by atoms with Gasteiger partial charge in [0.1, 0.15) is 0 Å². The smallest absolute Gasteiger partial charge is 0.220 e. The van der Waals surface area contributed by atoms with Crippen LogP contribution < -0.4 is 5.32 Å². The molecule has 3 N–H and O–H groups in total. The fourth-order valence-electron chi connectivity index (χ4n) is 8.32. The van der Waals surface area contributed by atoms with Crippen LogP contribution in [-0.2, 0) is 4.79 Å². The second-order valence-electron chi connectivity index (χ2n) is 19.0. The Morgan fingerprint density at radius 1 is 0.385 bits per heavy atom. The highest BCUT2D eigenvalue weighted by molar-refractivity contribution is 5.76. The Labute approximate surface area is 405 Å². The maximum atomic E-state index is 12.5. The van der Waals surface area contributed by atoms with Crippen molar-refractivity contribution in [1.82, 2.24) is 5.32 Å². The first kappa shape index (κ1) is 62.6. The molecule has 0 aliphatic carbocycles. The molecule has 0 saturated carbocycles. The lowest BCUT2D eigenvalue weighted by atomic mass is 10.0. The minimum absolute atomic E-state index is 0.0876. The van der Waals surface area contributed by atoms with Crippen molar-refractivity contribution < 1.29 is 15.0 Å². The summed E-state index contributed by atoms with van der Waals surface area (Å²) in [6.45, 7) is 4.19. The number of amides is 1. The molecule has 2 unspecified atom stereocenters. The molecule has 0 aromatic heterocycles. The van der Waals surface area contributed by atoms with Crippen molar-refractivity contribution in [3.8, 4) is 0 Å². The van der Waals surface area contributed by atoms with Gasteiger partial charge in [-0.25, -0.2) is 0 Å². The number of hydrogen-bond acceptors (Lipinski definition) is 3. The first-order valence-corrected chi connectivity index (χ1v) is 28.3. The summed E-state index contributed by atoms with van der Waals surface area (Å²) in [6, 6.07) is -0.656. The van der Waals surface area contributed by atoms with Crippen molar-refractivity contribution in [3.63, 3.8) is 0 Å². The van der Waals surface area contributed by atoms with Crippen molar-refractivity contribution in [2.45, 2.75) is 289 Å². The van der Waals surface area contributed by atoms with E-state index in [0.29, 0.717) is 6.42 Å². The molecule has 65 heavy (non-hydrogen) atoms. The Hall–Kier alpha value is -2.43. The Bertz CT molecular complexity index is 1160. The van der Waals surface area contributed by atoms with Crippen LogP contribution in [0.15, 0.2) is 85.1 Å². The Morgan fingerprint density at radius 3 is 1.08 bits per heavy atom. The lowest BCUT2D eigenvalue weighted by Crippen LogP contribution is -2.45. The highest BCUT2D eigenvalue weighted by Gasteiger charge is 2.18. The van der Waals surface area contributed by atoms with E-state index in [-0.39, 0.29) is 12.5 Å². The predicted molar refractivity (Wildman–Crippen MR) is 290 cm³/mol. The standard InChI is InChI=1S/C61H109NO3/c1-3-5-7-9-11-13-15-17-19-21-23-25-26-27-28-29-30-31-32-33-34-35-37-38-40-42-44-46-48-50-52-54-56-60(64)59(58-63)62-61(65)57-55-53-51-49-47-45-43-41-39-36-24-22-20-18-16-14-12-10-8-6-4-2/h6,8,12,14,18,20,24,36,38,40,46,48,54,56,59-60,63-64H,3-5,7,9-11,13,15-17,19,21-23,25-35,37,39,41-45,47,49-53,55,57-58H2,1-2H3,(H,62,65)/b8-6-,14-12-,20-18-,36-24-,40-38+,48-46+,56-54+. The summed E-state index contributed by atoms with van der Waals surface area (Å²) < 4.78 is 0. The molecule has 0 rings (SSSR count). The van der Waals surface area contributed by atoms with E-state index in [2.05, 4.69) is 92.1 Å². The van der Waals surface area contributed by atoms with Gasteiger partial charge >= 0.3 is 0 Å². The average Bonchev–Trinajstić information content (AvgIpc) is 3.31. The van der Waals surface area contributed by atoms with Crippen LogP contribution in [0.1, 0.15) is 277 Å². The summed E-state index contributed by atoms with van der Waals surface area (Å²) >= 11 is 0. The lowest BCUT2D eigenvalue weighted by Gasteiger charge is -2.19. The van der Waals surface area contributed by atoms with Crippen LogP contribution >= 0.6 is 0 Å². The van der Waals surface area contributed by atoms with Crippen molar-refractivity contribution in [2.24, 2.45) is 0 Å². The van der Waals surface area contributed by atoms with Gasteiger partial charge in [-0.15, -0.1) is 0 Å². The van der Waals surface area contributed by atoms with Crippen LogP contribution in [0.2, 0.25) is 0 Å². The molecule has 0 saturated heterocycles. The highest BCUT2D eigenvalue weighted by Crippen LogP contribution is 2.16. The third-order valence-corrected chi connectivity index (χ3v) is 12.6. The van der Waals surface area contributed by atoms with Crippen LogP contribution in [0.25, 0.3) is 0 Å². The molecule has 0 heterocycles. The number of allylic oxidation sites excluding steroid dienone is 13. The van der Waals surface area contributed by atoms with E-state index in [0.717, 1.165) is 70.6 Å². The zero-order valence-electron chi connectivity index (χ0n) is 43.2. The summed E-state index contributed by atoms with van der Waals surface area (Å²) in [4.78, 5) is 12.5. The largest absolute Gasteiger partial charge is 0.394 e. The van der Waals surface area contributed by atoms with Crippen molar-refractivity contribution >= 4 is 5.91 Å². The molecule has 0 aromatic rings. The second kappa shape index (κ2) is 55.9. The molecule has 2 atom stereocenters. The number of aliphatic hydroxyl groups is 2. The Morgan fingerprint density at radius 2 is 0.692 bits per heavy atom. The summed E-state index contributed by atoms with van der Waals surface area (Å²) in [5.74, 6) is -0.0876. The van der Waals surface area contributed by atoms with Crippen LogP contribution in [0.5, 0.6) is 0 Å². The van der Waals surface area contributed by atoms with E-state index < -0.39 is 12.1 Å². The summed E-state index contributed by atoms with van der Waals surface area (Å²) in [5.41, 5.74) is 0. The molecule has 4 heteroatoms. The van der Waals surface area contributed by atoms with E-state index >= 15 is 0 Å². The van der Waals surface area contributed by atoms with E-state index in [1.807, 2.05) is 6.08 Å². The van der Waals surface area contributed by atoms with Gasteiger partial charge in [-0.1, -0.05) is 272 Å². The van der Waals surface area contributed by atoms with Crippen LogP contribution in [0, 0.1) is 0 Å². The molecule has 4 nitrogen and oxygen atoms in total. The molecule has 0 bridgehead atoms. The lowest BCUT2D eigenvalue weighted by molar-refractivity contribution is -0.123. The first-order chi connectivity index (χ1) is 32.2. The predicted octanol–water partition coefficient (Wildman–Crippen LogP) is 18.8. The molecule has 0 radical (unpaired) electrons. The number of carbonyl (C=O) groups excluding carboxylic acids is 1.